The summed E-state index contributed by atoms with van der Waals surface area (Å²) in [4.78, 5) is 19.4. The summed E-state index contributed by atoms with van der Waals surface area (Å²) in [6, 6.07) is 11.4. The molecule has 2 amide bonds. The van der Waals surface area contributed by atoms with Gasteiger partial charge in [-0.15, -0.1) is 0 Å². The van der Waals surface area contributed by atoms with Crippen LogP contribution in [-0.2, 0) is 11.8 Å². The summed E-state index contributed by atoms with van der Waals surface area (Å²) in [5.74, 6) is -0.254. The molecule has 0 aliphatic carbocycles. The number of pyridine rings is 1. The number of halogens is 1. The lowest BCUT2D eigenvalue weighted by Crippen LogP contribution is -2.41. The molecular weight excluding hydrogens is 527 g/mol. The largest absolute Gasteiger partial charge is 0.396 e. The third kappa shape index (κ3) is 5.85. The number of para-hydroxylation sites is 1. The van der Waals surface area contributed by atoms with Crippen molar-refractivity contribution in [3.05, 3.63) is 78.1 Å². The van der Waals surface area contributed by atoms with E-state index in [2.05, 4.69) is 25.6 Å². The Labute approximate surface area is 238 Å². The van der Waals surface area contributed by atoms with Gasteiger partial charge < -0.3 is 15.2 Å². The van der Waals surface area contributed by atoms with Gasteiger partial charge in [0.05, 0.1) is 30.6 Å². The number of likely N-dealkylation sites (N-methyl/N-ethyl adjacent to an activating group) is 1. The van der Waals surface area contributed by atoms with Crippen LogP contribution >= 0.6 is 0 Å². The second kappa shape index (κ2) is 12.2. The van der Waals surface area contributed by atoms with Crippen LogP contribution in [0.15, 0.2) is 61.1 Å². The average molecular weight is 563 g/mol. The van der Waals surface area contributed by atoms with Crippen LogP contribution in [0.4, 0.5) is 15.0 Å². The number of methoxy groups -OCH3 is 1. The maximum Gasteiger partial charge on any atom is 0.320 e. The molecule has 4 aromatic rings. The first-order valence-electron chi connectivity index (χ1n) is 13.5. The third-order valence-electron chi connectivity index (χ3n) is 7.74. The van der Waals surface area contributed by atoms with Crippen LogP contribution in [0.25, 0.3) is 16.9 Å². The molecule has 1 saturated heterocycles. The number of urea groups is 1. The first kappa shape index (κ1) is 28.4. The standard InChI is InChI=1S/C29H35FN8O3/c1-18-26(20-14-32-36(2)15-20)35-38(22-8-6-5-7-9-22)28(18)34-29(40)33-23-13-24(21(16-39)17-41-4)37(3)27(23)19-10-11-31-25(30)12-19/h5-12,14-15,21,23-24,27,39H,13,16-17H2,1-4H3,(H2,33,34,40)/t21?,23-,24+,27+/m1/s1. The highest BCUT2D eigenvalue weighted by Gasteiger charge is 2.44. The molecule has 12 heteroatoms. The molecule has 4 atom stereocenters. The Balaban J connectivity index is 1.45. The van der Waals surface area contributed by atoms with E-state index in [-0.39, 0.29) is 30.7 Å². The van der Waals surface area contributed by atoms with Gasteiger partial charge in [-0.1, -0.05) is 18.2 Å². The Kier molecular flexibility index (Phi) is 8.43. The highest BCUT2D eigenvalue weighted by atomic mass is 19.1. The summed E-state index contributed by atoms with van der Waals surface area (Å²) >= 11 is 0. The van der Waals surface area contributed by atoms with Gasteiger partial charge in [0.2, 0.25) is 5.95 Å². The van der Waals surface area contributed by atoms with Crippen LogP contribution in [0.3, 0.4) is 0 Å². The second-order valence-electron chi connectivity index (χ2n) is 10.4. The predicted octanol–water partition coefficient (Wildman–Crippen LogP) is 3.31. The number of nitrogens with zero attached hydrogens (tertiary/aromatic N) is 6. The Morgan fingerprint density at radius 1 is 1.24 bits per heavy atom. The van der Waals surface area contributed by atoms with Crippen LogP contribution in [0.1, 0.15) is 23.6 Å². The molecule has 1 fully saturated rings. The maximum atomic E-state index is 14.2. The molecule has 1 aliphatic rings. The van der Waals surface area contributed by atoms with Gasteiger partial charge in [-0.05, 0) is 50.2 Å². The lowest BCUT2D eigenvalue weighted by Gasteiger charge is -2.31. The number of aliphatic hydroxyl groups is 1. The number of aliphatic hydroxyl groups excluding tert-OH is 1. The van der Waals surface area contributed by atoms with Crippen LogP contribution in [0.2, 0.25) is 0 Å². The van der Waals surface area contributed by atoms with E-state index in [1.54, 1.807) is 28.7 Å². The fraction of sp³-hybridized carbons (Fsp3) is 0.379. The number of benzene rings is 1. The van der Waals surface area contributed by atoms with Gasteiger partial charge in [-0.3, -0.25) is 14.9 Å². The summed E-state index contributed by atoms with van der Waals surface area (Å²) in [6.45, 7) is 2.18. The molecule has 0 spiro atoms. The van der Waals surface area contributed by atoms with Crippen LogP contribution in [0, 0.1) is 18.8 Å². The van der Waals surface area contributed by atoms with E-state index >= 15 is 0 Å². The van der Waals surface area contributed by atoms with Crippen molar-refractivity contribution in [1.29, 1.82) is 0 Å². The number of amides is 2. The summed E-state index contributed by atoms with van der Waals surface area (Å²) in [5.41, 5.74) is 3.79. The summed E-state index contributed by atoms with van der Waals surface area (Å²) in [6.07, 6.45) is 5.56. The van der Waals surface area contributed by atoms with E-state index in [9.17, 15) is 14.3 Å². The molecule has 5 rings (SSSR count). The van der Waals surface area contributed by atoms with E-state index in [1.807, 2.05) is 57.5 Å². The normalized spacial score (nSPS) is 19.8. The van der Waals surface area contributed by atoms with Crippen LogP contribution in [-0.4, -0.2) is 80.0 Å². The van der Waals surface area contributed by atoms with Gasteiger partial charge in [0, 0.05) is 56.2 Å². The van der Waals surface area contributed by atoms with Gasteiger partial charge in [0.1, 0.15) is 11.5 Å². The number of likely N-dealkylation sites (tertiary alicyclic amines) is 1. The van der Waals surface area contributed by atoms with Crippen molar-refractivity contribution in [2.24, 2.45) is 13.0 Å². The van der Waals surface area contributed by atoms with Crippen molar-refractivity contribution in [2.75, 3.05) is 32.7 Å². The number of ether oxygens (including phenoxy) is 1. The third-order valence-corrected chi connectivity index (χ3v) is 7.74. The maximum absolute atomic E-state index is 14.2. The van der Waals surface area contributed by atoms with Crippen LogP contribution in [0.5, 0.6) is 0 Å². The summed E-state index contributed by atoms with van der Waals surface area (Å²) < 4.78 is 22.9. The average Bonchev–Trinajstić information content (AvgIpc) is 3.63. The number of carbonyl (C=O) groups is 1. The quantitative estimate of drug-likeness (QED) is 0.268. The van der Waals surface area contributed by atoms with Gasteiger partial charge in [0.25, 0.3) is 0 Å². The topological polar surface area (TPSA) is 122 Å². The molecule has 1 unspecified atom stereocenters. The number of carbonyl (C=O) groups excluding carboxylic acids is 1. The van der Waals surface area contributed by atoms with Crippen LogP contribution < -0.4 is 10.6 Å². The van der Waals surface area contributed by atoms with Crippen molar-refractivity contribution in [1.82, 2.24) is 34.8 Å². The minimum absolute atomic E-state index is 0.0776. The number of nitrogens with one attached hydrogen (secondary N) is 2. The minimum atomic E-state index is -0.594. The molecule has 4 heterocycles. The van der Waals surface area contributed by atoms with Gasteiger partial charge >= 0.3 is 6.03 Å². The van der Waals surface area contributed by atoms with E-state index in [4.69, 9.17) is 9.84 Å². The van der Waals surface area contributed by atoms with Gasteiger partial charge in [-0.2, -0.15) is 14.6 Å². The summed E-state index contributed by atoms with van der Waals surface area (Å²) in [5, 5.41) is 25.3. The fourth-order valence-electron chi connectivity index (χ4n) is 5.81. The van der Waals surface area contributed by atoms with Crippen molar-refractivity contribution >= 4 is 11.8 Å². The number of hydrogen-bond donors (Lipinski definition) is 3. The number of aryl methyl sites for hydroxylation is 1. The Morgan fingerprint density at radius 3 is 2.68 bits per heavy atom. The number of rotatable bonds is 9. The molecule has 1 aromatic carbocycles. The van der Waals surface area contributed by atoms with Crippen molar-refractivity contribution in [3.63, 3.8) is 0 Å². The molecule has 0 radical (unpaired) electrons. The molecular formula is C29H35FN8O3. The molecule has 41 heavy (non-hydrogen) atoms. The van der Waals surface area contributed by atoms with Crippen molar-refractivity contribution in [2.45, 2.75) is 31.5 Å². The molecule has 3 N–H and O–H groups in total. The highest BCUT2D eigenvalue weighted by molar-refractivity contribution is 5.91. The Bertz CT molecular complexity index is 1490. The smallest absolute Gasteiger partial charge is 0.320 e. The Morgan fingerprint density at radius 2 is 2.02 bits per heavy atom. The van der Waals surface area contributed by atoms with Gasteiger partial charge in [0.15, 0.2) is 0 Å². The second-order valence-corrected chi connectivity index (χ2v) is 10.4. The number of hydrogen-bond acceptors (Lipinski definition) is 7. The number of aromatic nitrogens is 5. The van der Waals surface area contributed by atoms with E-state index in [1.165, 1.54) is 12.3 Å². The predicted molar refractivity (Wildman–Crippen MR) is 152 cm³/mol. The van der Waals surface area contributed by atoms with E-state index in [0.29, 0.717) is 30.1 Å². The molecule has 3 aromatic heterocycles. The van der Waals surface area contributed by atoms with Crippen molar-refractivity contribution < 1.29 is 19.0 Å². The lowest BCUT2D eigenvalue weighted by atomic mass is 9.97. The highest BCUT2D eigenvalue weighted by Crippen LogP contribution is 2.38. The molecule has 216 valence electrons. The van der Waals surface area contributed by atoms with E-state index < -0.39 is 12.0 Å². The van der Waals surface area contributed by atoms with E-state index in [0.717, 1.165) is 16.8 Å². The first-order chi connectivity index (χ1) is 19.8. The Hall–Kier alpha value is -4.13. The van der Waals surface area contributed by atoms with Crippen molar-refractivity contribution in [3.8, 4) is 16.9 Å². The lowest BCUT2D eigenvalue weighted by molar-refractivity contribution is 0.0553. The first-order valence-corrected chi connectivity index (χ1v) is 13.5. The SMILES string of the molecule is COCC(CO)[C@@H]1C[C@@H](NC(=O)Nc2c(C)c(-c3cnn(C)c3)nn2-c2ccccc2)[C@H](c2ccnc(F)c2)N1C. The zero-order valence-corrected chi connectivity index (χ0v) is 23.5. The molecule has 11 nitrogen and oxygen atoms in total. The molecule has 0 saturated carbocycles. The fourth-order valence-corrected chi connectivity index (χ4v) is 5.81. The molecule has 1 aliphatic heterocycles. The minimum Gasteiger partial charge on any atom is -0.396 e. The zero-order valence-electron chi connectivity index (χ0n) is 23.5. The molecule has 0 bridgehead atoms. The zero-order chi connectivity index (χ0) is 29.1. The van der Waals surface area contributed by atoms with Gasteiger partial charge in [-0.25, -0.2) is 14.5 Å². The summed E-state index contributed by atoms with van der Waals surface area (Å²) in [7, 11) is 5.35. The monoisotopic (exact) mass is 562 g/mol. The number of anilines is 1.